The highest BCUT2D eigenvalue weighted by Gasteiger charge is 2.30. The first-order valence-electron chi connectivity index (χ1n) is 6.61. The van der Waals surface area contributed by atoms with Crippen LogP contribution in [0.4, 0.5) is 5.69 Å². The van der Waals surface area contributed by atoms with Gasteiger partial charge >= 0.3 is 0 Å². The molecule has 0 spiro atoms. The number of nitrogens with one attached hydrogen (secondary N) is 2. The molecule has 0 saturated heterocycles. The Morgan fingerprint density at radius 1 is 1.47 bits per heavy atom. The number of carbonyl (C=O) groups is 1. The largest absolute Gasteiger partial charge is 0.324 e. The molecule has 1 amide bonds. The van der Waals surface area contributed by atoms with E-state index < -0.39 is 0 Å². The van der Waals surface area contributed by atoms with Gasteiger partial charge in [-0.05, 0) is 41.0 Å². The van der Waals surface area contributed by atoms with Gasteiger partial charge in [-0.15, -0.1) is 11.8 Å². The van der Waals surface area contributed by atoms with Gasteiger partial charge in [0, 0.05) is 25.9 Å². The van der Waals surface area contributed by atoms with Gasteiger partial charge in [-0.25, -0.2) is 0 Å². The zero-order valence-electron chi connectivity index (χ0n) is 11.4. The third-order valence-electron chi connectivity index (χ3n) is 3.25. The van der Waals surface area contributed by atoms with Crippen molar-refractivity contribution >= 4 is 39.3 Å². The summed E-state index contributed by atoms with van der Waals surface area (Å²) in [6.07, 6.45) is 1.13. The van der Waals surface area contributed by atoms with Crippen molar-refractivity contribution in [1.29, 1.82) is 0 Å². The van der Waals surface area contributed by atoms with Crippen molar-refractivity contribution in [3.63, 3.8) is 0 Å². The molecule has 2 N–H and O–H groups in total. The fourth-order valence-electron chi connectivity index (χ4n) is 2.06. The van der Waals surface area contributed by atoms with Crippen LogP contribution in [0, 0.1) is 0 Å². The van der Waals surface area contributed by atoms with Crippen LogP contribution in [0.5, 0.6) is 0 Å². The number of halogens is 1. The van der Waals surface area contributed by atoms with Crippen molar-refractivity contribution in [3.05, 3.63) is 22.2 Å². The maximum absolute atomic E-state index is 11.9. The molecule has 5 heteroatoms. The summed E-state index contributed by atoms with van der Waals surface area (Å²) in [6, 6.07) is 3.91. The summed E-state index contributed by atoms with van der Waals surface area (Å²) in [7, 11) is 0. The molecule has 3 nitrogen and oxygen atoms in total. The number of benzene rings is 1. The second-order valence-electron chi connectivity index (χ2n) is 4.69. The minimum Gasteiger partial charge on any atom is -0.324 e. The van der Waals surface area contributed by atoms with E-state index in [0.29, 0.717) is 5.25 Å². The minimum absolute atomic E-state index is 0.0365. The van der Waals surface area contributed by atoms with Gasteiger partial charge in [0.25, 0.3) is 0 Å². The molecule has 2 atom stereocenters. The predicted octanol–water partition coefficient (Wildman–Crippen LogP) is 3.94. The number of likely N-dealkylation sites (N-methyl/N-ethyl adjacent to an activating group) is 1. The Balaban J connectivity index is 2.30. The van der Waals surface area contributed by atoms with Crippen LogP contribution < -0.4 is 10.6 Å². The summed E-state index contributed by atoms with van der Waals surface area (Å²) in [5.41, 5.74) is 1.97. The summed E-state index contributed by atoms with van der Waals surface area (Å²) in [6.45, 7) is 7.18. The van der Waals surface area contributed by atoms with E-state index in [2.05, 4.69) is 52.5 Å². The summed E-state index contributed by atoms with van der Waals surface area (Å²) in [4.78, 5) is 13.1. The molecule has 1 heterocycles. The Labute approximate surface area is 127 Å². The third kappa shape index (κ3) is 3.15. The number of hydrogen-bond donors (Lipinski definition) is 2. The first-order chi connectivity index (χ1) is 9.06. The zero-order chi connectivity index (χ0) is 14.0. The van der Waals surface area contributed by atoms with Crippen LogP contribution >= 0.6 is 27.7 Å². The highest BCUT2D eigenvalue weighted by atomic mass is 79.9. The molecular weight excluding hydrogens is 324 g/mol. The highest BCUT2D eigenvalue weighted by molar-refractivity contribution is 9.10. The Hall–Kier alpha value is -0.520. The molecule has 1 aliphatic heterocycles. The lowest BCUT2D eigenvalue weighted by atomic mass is 10.1. The summed E-state index contributed by atoms with van der Waals surface area (Å²) >= 11 is 5.45. The van der Waals surface area contributed by atoms with Crippen LogP contribution in [0.1, 0.15) is 38.8 Å². The van der Waals surface area contributed by atoms with E-state index in [1.165, 1.54) is 4.90 Å². The van der Waals surface area contributed by atoms with Crippen LogP contribution in [-0.4, -0.2) is 17.7 Å². The van der Waals surface area contributed by atoms with Crippen molar-refractivity contribution in [2.75, 3.05) is 11.9 Å². The molecule has 1 aliphatic rings. The second kappa shape index (κ2) is 6.29. The average Bonchev–Trinajstić information content (AvgIpc) is 2.67. The third-order valence-corrected chi connectivity index (χ3v) is 5.49. The van der Waals surface area contributed by atoms with Crippen LogP contribution in [0.2, 0.25) is 0 Å². The van der Waals surface area contributed by atoms with Gasteiger partial charge in [0.05, 0.1) is 0 Å². The smallest absolute Gasteiger partial charge is 0.246 e. The van der Waals surface area contributed by atoms with Crippen LogP contribution in [0.3, 0.4) is 0 Å². The van der Waals surface area contributed by atoms with Crippen molar-refractivity contribution in [2.24, 2.45) is 0 Å². The number of fused-ring (bicyclic) bond motifs is 1. The second-order valence-corrected chi connectivity index (χ2v) is 7.02. The van der Waals surface area contributed by atoms with Gasteiger partial charge in [-0.3, -0.25) is 4.79 Å². The van der Waals surface area contributed by atoms with E-state index >= 15 is 0 Å². The van der Waals surface area contributed by atoms with E-state index in [0.717, 1.165) is 28.7 Å². The Bertz CT molecular complexity index is 493. The van der Waals surface area contributed by atoms with Gasteiger partial charge in [-0.1, -0.05) is 20.8 Å². The van der Waals surface area contributed by atoms with E-state index in [4.69, 9.17) is 0 Å². The predicted molar refractivity (Wildman–Crippen MR) is 84.8 cm³/mol. The van der Waals surface area contributed by atoms with Gasteiger partial charge in [0.15, 0.2) is 0 Å². The minimum atomic E-state index is -0.223. The molecule has 104 valence electrons. The number of amides is 1. The van der Waals surface area contributed by atoms with Crippen molar-refractivity contribution in [2.45, 2.75) is 43.4 Å². The van der Waals surface area contributed by atoms with E-state index in [-0.39, 0.29) is 11.9 Å². The standard InChI is InChI=1S/C14H19BrN2OS/c1-4-8(3)19-12-7-11-9(6-10(12)15)13(16-5-2)14(18)17-11/h6-8,13,16H,4-5H2,1-3H3,(H,17,18). The lowest BCUT2D eigenvalue weighted by Gasteiger charge is -2.13. The molecule has 2 rings (SSSR count). The molecule has 2 unspecified atom stereocenters. The highest BCUT2D eigenvalue weighted by Crippen LogP contribution is 2.40. The molecule has 0 bridgehead atoms. The van der Waals surface area contributed by atoms with Crippen molar-refractivity contribution in [3.8, 4) is 0 Å². The first-order valence-corrected chi connectivity index (χ1v) is 8.28. The van der Waals surface area contributed by atoms with Crippen molar-refractivity contribution < 1.29 is 4.79 Å². The molecule has 0 aromatic heterocycles. The Morgan fingerprint density at radius 2 is 2.21 bits per heavy atom. The van der Waals surface area contributed by atoms with E-state index in [1.54, 1.807) is 0 Å². The molecule has 0 aliphatic carbocycles. The summed E-state index contributed by atoms with van der Waals surface area (Å²) in [5.74, 6) is 0.0365. The molecule has 0 radical (unpaired) electrons. The van der Waals surface area contributed by atoms with E-state index in [1.807, 2.05) is 18.7 Å². The first kappa shape index (κ1) is 14.9. The molecule has 1 aromatic carbocycles. The van der Waals surface area contributed by atoms with Gasteiger partial charge in [0.2, 0.25) is 5.91 Å². The quantitative estimate of drug-likeness (QED) is 0.796. The molecular formula is C14H19BrN2OS. The average molecular weight is 343 g/mol. The Kier molecular flexibility index (Phi) is 4.92. The zero-order valence-corrected chi connectivity index (χ0v) is 13.8. The van der Waals surface area contributed by atoms with Gasteiger partial charge < -0.3 is 10.6 Å². The topological polar surface area (TPSA) is 41.1 Å². The normalized spacial score (nSPS) is 19.2. The maximum atomic E-state index is 11.9. The van der Waals surface area contributed by atoms with Gasteiger partial charge in [-0.2, -0.15) is 0 Å². The fourth-order valence-corrected chi connectivity index (χ4v) is 3.66. The lowest BCUT2D eigenvalue weighted by molar-refractivity contribution is -0.117. The number of thioether (sulfide) groups is 1. The molecule has 0 fully saturated rings. The fraction of sp³-hybridized carbons (Fsp3) is 0.500. The molecule has 1 aromatic rings. The number of anilines is 1. The number of carbonyl (C=O) groups excluding carboxylic acids is 1. The lowest BCUT2D eigenvalue weighted by Crippen LogP contribution is -2.27. The summed E-state index contributed by atoms with van der Waals surface area (Å²) < 4.78 is 1.07. The van der Waals surface area contributed by atoms with Crippen LogP contribution in [0.25, 0.3) is 0 Å². The van der Waals surface area contributed by atoms with Crippen molar-refractivity contribution in [1.82, 2.24) is 5.32 Å². The summed E-state index contributed by atoms with van der Waals surface area (Å²) in [5, 5.41) is 6.73. The molecule has 19 heavy (non-hydrogen) atoms. The van der Waals surface area contributed by atoms with Crippen LogP contribution in [0.15, 0.2) is 21.5 Å². The number of hydrogen-bond acceptors (Lipinski definition) is 3. The van der Waals surface area contributed by atoms with Gasteiger partial charge in [0.1, 0.15) is 6.04 Å². The molecule has 0 saturated carbocycles. The SMILES string of the molecule is CCNC1C(=O)Nc2cc(SC(C)CC)c(Br)cc21. The monoisotopic (exact) mass is 342 g/mol. The number of rotatable bonds is 5. The van der Waals surface area contributed by atoms with E-state index in [9.17, 15) is 4.79 Å². The Morgan fingerprint density at radius 3 is 2.84 bits per heavy atom. The maximum Gasteiger partial charge on any atom is 0.246 e. The van der Waals surface area contributed by atoms with Crippen LogP contribution in [-0.2, 0) is 4.79 Å².